The van der Waals surface area contributed by atoms with Crippen molar-refractivity contribution in [3.63, 3.8) is 0 Å². The van der Waals surface area contributed by atoms with Crippen LogP contribution in [0.15, 0.2) is 24.3 Å². The molecular formula is C6H10O2. The van der Waals surface area contributed by atoms with Crippen molar-refractivity contribution < 1.29 is 10.2 Å². The molecular weight excluding hydrogens is 104 g/mol. The van der Waals surface area contributed by atoms with Crippen LogP contribution in [0.25, 0.3) is 0 Å². The molecule has 2 nitrogen and oxygen atoms in total. The van der Waals surface area contributed by atoms with Crippen LogP contribution >= 0.6 is 0 Å². The van der Waals surface area contributed by atoms with Crippen LogP contribution in [0.3, 0.4) is 0 Å². The molecule has 0 saturated heterocycles. The molecule has 0 bridgehead atoms. The summed E-state index contributed by atoms with van der Waals surface area (Å²) in [6.45, 7) is 5.00. The Labute approximate surface area is 48.8 Å². The van der Waals surface area contributed by atoms with Crippen LogP contribution in [-0.4, -0.2) is 16.5 Å². The Morgan fingerprint density at radius 2 is 2.12 bits per heavy atom. The minimum absolute atomic E-state index is 0.500. The van der Waals surface area contributed by atoms with Gasteiger partial charge in [0.25, 0.3) is 0 Å². The first kappa shape index (κ1) is 7.40. The maximum Gasteiger partial charge on any atom is 0.174 e. The first-order chi connectivity index (χ1) is 3.68. The monoisotopic (exact) mass is 114 g/mol. The zero-order valence-corrected chi connectivity index (χ0v) is 4.83. The molecule has 0 saturated carbocycles. The SMILES string of the molecule is C=CC=C(C)C(O)O. The average Bonchev–Trinajstić information content (AvgIpc) is 1.67. The van der Waals surface area contributed by atoms with E-state index in [1.165, 1.54) is 6.08 Å². The third-order valence-electron chi connectivity index (χ3n) is 0.788. The zero-order chi connectivity index (χ0) is 6.57. The number of aliphatic hydroxyl groups excluding tert-OH is 1. The summed E-state index contributed by atoms with van der Waals surface area (Å²) in [7, 11) is 0. The highest BCUT2D eigenvalue weighted by Gasteiger charge is 1.95. The smallest absolute Gasteiger partial charge is 0.174 e. The molecule has 0 spiro atoms. The Hall–Kier alpha value is -0.600. The fraction of sp³-hybridized carbons (Fsp3) is 0.333. The molecule has 0 aliphatic carbocycles. The van der Waals surface area contributed by atoms with Crippen LogP contribution in [0.5, 0.6) is 0 Å². The van der Waals surface area contributed by atoms with Gasteiger partial charge in [-0.2, -0.15) is 0 Å². The van der Waals surface area contributed by atoms with Crippen molar-refractivity contribution in [3.8, 4) is 0 Å². The van der Waals surface area contributed by atoms with E-state index in [1.54, 1.807) is 13.0 Å². The molecule has 46 valence electrons. The van der Waals surface area contributed by atoms with E-state index < -0.39 is 6.29 Å². The Balaban J connectivity index is 3.78. The van der Waals surface area contributed by atoms with Crippen molar-refractivity contribution in [2.45, 2.75) is 13.2 Å². The van der Waals surface area contributed by atoms with Gasteiger partial charge in [0.2, 0.25) is 0 Å². The predicted octanol–water partition coefficient (Wildman–Crippen LogP) is 0.429. The van der Waals surface area contributed by atoms with E-state index in [9.17, 15) is 0 Å². The lowest BCUT2D eigenvalue weighted by Gasteiger charge is -1.99. The topological polar surface area (TPSA) is 40.5 Å². The van der Waals surface area contributed by atoms with Gasteiger partial charge in [-0.1, -0.05) is 18.7 Å². The second-order valence-corrected chi connectivity index (χ2v) is 1.52. The maximum absolute atomic E-state index is 8.39. The summed E-state index contributed by atoms with van der Waals surface area (Å²) in [5.41, 5.74) is 0.500. The quantitative estimate of drug-likeness (QED) is 0.403. The number of allylic oxidation sites excluding steroid dienone is 2. The fourth-order valence-corrected chi connectivity index (χ4v) is 0.272. The molecule has 0 aromatic heterocycles. The lowest BCUT2D eigenvalue weighted by molar-refractivity contribution is -0.00760. The number of rotatable bonds is 2. The van der Waals surface area contributed by atoms with Gasteiger partial charge in [-0.3, -0.25) is 0 Å². The Morgan fingerprint density at radius 1 is 1.62 bits per heavy atom. The normalized spacial score (nSPS) is 12.2. The molecule has 2 heteroatoms. The van der Waals surface area contributed by atoms with Gasteiger partial charge < -0.3 is 10.2 Å². The van der Waals surface area contributed by atoms with Crippen LogP contribution in [-0.2, 0) is 0 Å². The molecule has 0 aromatic rings. The highest BCUT2D eigenvalue weighted by molar-refractivity contribution is 5.08. The molecule has 0 heterocycles. The van der Waals surface area contributed by atoms with Crippen molar-refractivity contribution in [3.05, 3.63) is 24.3 Å². The minimum Gasteiger partial charge on any atom is -0.365 e. The molecule has 0 fully saturated rings. The molecule has 0 rings (SSSR count). The summed E-state index contributed by atoms with van der Waals surface area (Å²) < 4.78 is 0. The van der Waals surface area contributed by atoms with Gasteiger partial charge in [0.15, 0.2) is 6.29 Å². The third-order valence-corrected chi connectivity index (χ3v) is 0.788. The van der Waals surface area contributed by atoms with Crippen LogP contribution in [0.1, 0.15) is 6.92 Å². The third kappa shape index (κ3) is 2.55. The van der Waals surface area contributed by atoms with E-state index in [-0.39, 0.29) is 0 Å². The van der Waals surface area contributed by atoms with Crippen LogP contribution in [0, 0.1) is 0 Å². The van der Waals surface area contributed by atoms with E-state index in [2.05, 4.69) is 6.58 Å². The van der Waals surface area contributed by atoms with E-state index >= 15 is 0 Å². The minimum atomic E-state index is -1.34. The summed E-state index contributed by atoms with van der Waals surface area (Å²) in [5.74, 6) is 0. The fourth-order valence-electron chi connectivity index (χ4n) is 0.272. The summed E-state index contributed by atoms with van der Waals surface area (Å²) in [6.07, 6.45) is 1.72. The van der Waals surface area contributed by atoms with Crippen molar-refractivity contribution in [2.75, 3.05) is 0 Å². The van der Waals surface area contributed by atoms with Crippen LogP contribution in [0.2, 0.25) is 0 Å². The molecule has 0 aromatic carbocycles. The lowest BCUT2D eigenvalue weighted by Crippen LogP contribution is -2.04. The number of hydrogen-bond acceptors (Lipinski definition) is 2. The average molecular weight is 114 g/mol. The van der Waals surface area contributed by atoms with E-state index in [0.29, 0.717) is 5.57 Å². The highest BCUT2D eigenvalue weighted by atomic mass is 16.5. The van der Waals surface area contributed by atoms with Gasteiger partial charge >= 0.3 is 0 Å². The van der Waals surface area contributed by atoms with E-state index in [1.807, 2.05) is 0 Å². The number of aliphatic hydroxyl groups is 2. The summed E-state index contributed by atoms with van der Waals surface area (Å²) in [4.78, 5) is 0. The molecule has 0 aliphatic heterocycles. The van der Waals surface area contributed by atoms with Crippen molar-refractivity contribution in [1.82, 2.24) is 0 Å². The van der Waals surface area contributed by atoms with Gasteiger partial charge in [0.1, 0.15) is 0 Å². The standard InChI is InChI=1S/C6H10O2/c1-3-4-5(2)6(7)8/h3-4,6-8H,1H2,2H3. The molecule has 2 N–H and O–H groups in total. The first-order valence-electron chi connectivity index (χ1n) is 2.34. The molecule has 0 amide bonds. The molecule has 0 radical (unpaired) electrons. The molecule has 0 unspecified atom stereocenters. The molecule has 0 aliphatic rings. The van der Waals surface area contributed by atoms with Gasteiger partial charge in [0.05, 0.1) is 0 Å². The molecule has 0 atom stereocenters. The van der Waals surface area contributed by atoms with Crippen molar-refractivity contribution in [1.29, 1.82) is 0 Å². The van der Waals surface area contributed by atoms with E-state index in [4.69, 9.17) is 10.2 Å². The first-order valence-corrected chi connectivity index (χ1v) is 2.34. The number of hydrogen-bond donors (Lipinski definition) is 2. The maximum atomic E-state index is 8.39. The summed E-state index contributed by atoms with van der Waals surface area (Å²) in [6, 6.07) is 0. The molecule has 8 heavy (non-hydrogen) atoms. The summed E-state index contributed by atoms with van der Waals surface area (Å²) in [5, 5.41) is 16.8. The predicted molar refractivity (Wildman–Crippen MR) is 32.2 cm³/mol. The van der Waals surface area contributed by atoms with Crippen LogP contribution in [0.4, 0.5) is 0 Å². The second kappa shape index (κ2) is 3.41. The van der Waals surface area contributed by atoms with Crippen molar-refractivity contribution >= 4 is 0 Å². The van der Waals surface area contributed by atoms with Gasteiger partial charge in [-0.05, 0) is 12.5 Å². The Kier molecular flexibility index (Phi) is 3.15. The Morgan fingerprint density at radius 3 is 2.25 bits per heavy atom. The van der Waals surface area contributed by atoms with Gasteiger partial charge in [-0.15, -0.1) is 0 Å². The van der Waals surface area contributed by atoms with Gasteiger partial charge in [-0.25, -0.2) is 0 Å². The van der Waals surface area contributed by atoms with Crippen molar-refractivity contribution in [2.24, 2.45) is 0 Å². The largest absolute Gasteiger partial charge is 0.365 e. The lowest BCUT2D eigenvalue weighted by atomic mass is 10.3. The van der Waals surface area contributed by atoms with Gasteiger partial charge in [0, 0.05) is 0 Å². The highest BCUT2D eigenvalue weighted by Crippen LogP contribution is 1.95. The Bertz CT molecular complexity index is 103. The van der Waals surface area contributed by atoms with E-state index in [0.717, 1.165) is 0 Å². The second-order valence-electron chi connectivity index (χ2n) is 1.52. The summed E-state index contributed by atoms with van der Waals surface area (Å²) >= 11 is 0. The zero-order valence-electron chi connectivity index (χ0n) is 4.83. The van der Waals surface area contributed by atoms with Crippen LogP contribution < -0.4 is 0 Å².